The van der Waals surface area contributed by atoms with Crippen molar-refractivity contribution in [3.8, 4) is 0 Å². The molecule has 1 unspecified atom stereocenters. The molecule has 1 aromatic rings. The average Bonchev–Trinajstić information content (AvgIpc) is 2.40. The second kappa shape index (κ2) is 9.95. The number of carbonyl (C=O) groups is 1. The van der Waals surface area contributed by atoms with E-state index in [0.717, 1.165) is 31.4 Å². The summed E-state index contributed by atoms with van der Waals surface area (Å²) in [6, 6.07) is 3.49. The third-order valence-corrected chi connectivity index (χ3v) is 4.01. The van der Waals surface area contributed by atoms with E-state index in [4.69, 9.17) is 5.73 Å². The molecule has 5 nitrogen and oxygen atoms in total. The van der Waals surface area contributed by atoms with Crippen LogP contribution in [0.4, 0.5) is 5.69 Å². The summed E-state index contributed by atoms with van der Waals surface area (Å²) < 4.78 is 0. The van der Waals surface area contributed by atoms with Crippen LogP contribution in [-0.2, 0) is 4.79 Å². The Morgan fingerprint density at radius 1 is 1.24 bits per heavy atom. The summed E-state index contributed by atoms with van der Waals surface area (Å²) in [6.45, 7) is 1.94. The molecular weight excluding hydrogens is 313 g/mol. The maximum Gasteiger partial charge on any atom is 0.232 e. The van der Waals surface area contributed by atoms with E-state index in [9.17, 15) is 4.79 Å². The zero-order valence-electron chi connectivity index (χ0n) is 12.2. The normalized spacial score (nSPS) is 17.2. The number of aromatic nitrogens is 1. The Labute approximate surface area is 138 Å². The van der Waals surface area contributed by atoms with Crippen molar-refractivity contribution in [2.75, 3.05) is 5.32 Å². The van der Waals surface area contributed by atoms with Crippen LogP contribution in [0.25, 0.3) is 0 Å². The fourth-order valence-corrected chi connectivity index (χ4v) is 2.76. The molecule has 1 aliphatic rings. The molecule has 0 aliphatic heterocycles. The van der Waals surface area contributed by atoms with Crippen LogP contribution in [0.2, 0.25) is 0 Å². The van der Waals surface area contributed by atoms with Gasteiger partial charge in [-0.05, 0) is 31.9 Å². The van der Waals surface area contributed by atoms with Crippen molar-refractivity contribution < 1.29 is 10.3 Å². The second-order valence-corrected chi connectivity index (χ2v) is 5.20. The fraction of sp³-hybridized carbons (Fsp3) is 0.571. The first-order valence-electron chi connectivity index (χ1n) is 6.62. The summed E-state index contributed by atoms with van der Waals surface area (Å²) in [5.41, 5.74) is 6.47. The van der Waals surface area contributed by atoms with E-state index in [1.165, 1.54) is 6.42 Å². The van der Waals surface area contributed by atoms with Crippen molar-refractivity contribution in [3.05, 3.63) is 24.5 Å². The first-order chi connectivity index (χ1) is 8.65. The third kappa shape index (κ3) is 5.11. The van der Waals surface area contributed by atoms with Gasteiger partial charge in [0.1, 0.15) is 0 Å². The molecule has 21 heavy (non-hydrogen) atoms. The molecule has 1 saturated carbocycles. The van der Waals surface area contributed by atoms with Crippen LogP contribution >= 0.6 is 24.8 Å². The second-order valence-electron chi connectivity index (χ2n) is 5.20. The molecule has 0 bridgehead atoms. The molecule has 1 aromatic heterocycles. The minimum atomic E-state index is -0.401. The topological polar surface area (TPSA) is 99.5 Å². The number of nitrogens with zero attached hydrogens (tertiary/aromatic N) is 1. The van der Waals surface area contributed by atoms with Crippen molar-refractivity contribution in [1.29, 1.82) is 0 Å². The van der Waals surface area contributed by atoms with Crippen LogP contribution in [0.1, 0.15) is 39.0 Å². The third-order valence-electron chi connectivity index (χ3n) is 4.01. The fourth-order valence-electron chi connectivity index (χ4n) is 2.76. The molecule has 0 radical (unpaired) electrons. The zero-order valence-corrected chi connectivity index (χ0v) is 13.8. The quantitative estimate of drug-likeness (QED) is 0.885. The lowest BCUT2D eigenvalue weighted by molar-refractivity contribution is -0.128. The minimum absolute atomic E-state index is 0. The van der Waals surface area contributed by atoms with Gasteiger partial charge >= 0.3 is 0 Å². The van der Waals surface area contributed by atoms with Gasteiger partial charge in [-0.25, -0.2) is 0 Å². The SMILES string of the molecule is CC(N)C1(C(=O)Nc2ccncc2)CCCCC1.Cl.Cl.O. The van der Waals surface area contributed by atoms with Crippen molar-refractivity contribution >= 4 is 36.4 Å². The predicted molar refractivity (Wildman–Crippen MR) is 90.1 cm³/mol. The van der Waals surface area contributed by atoms with Gasteiger partial charge in [-0.1, -0.05) is 19.3 Å². The number of nitrogens with one attached hydrogen (secondary N) is 1. The number of anilines is 1. The highest BCUT2D eigenvalue weighted by Gasteiger charge is 2.42. The van der Waals surface area contributed by atoms with Gasteiger partial charge in [0.15, 0.2) is 0 Å². The lowest BCUT2D eigenvalue weighted by Gasteiger charge is -2.39. The van der Waals surface area contributed by atoms with E-state index >= 15 is 0 Å². The number of halogens is 2. The molecule has 0 saturated heterocycles. The standard InChI is InChI=1S/C14H21N3O.2ClH.H2O/c1-11(15)14(7-3-2-4-8-14)13(18)17-12-5-9-16-10-6-12;;;/h5-6,9-11H,2-4,7-8,15H2,1H3,(H,16,17,18);2*1H;1H2. The lowest BCUT2D eigenvalue weighted by Crippen LogP contribution is -2.49. The summed E-state index contributed by atoms with van der Waals surface area (Å²) >= 11 is 0. The van der Waals surface area contributed by atoms with Crippen LogP contribution in [0.3, 0.4) is 0 Å². The van der Waals surface area contributed by atoms with Gasteiger partial charge in [0, 0.05) is 24.1 Å². The van der Waals surface area contributed by atoms with E-state index in [0.29, 0.717) is 0 Å². The Hall–Kier alpha value is -0.880. The van der Waals surface area contributed by atoms with Crippen molar-refractivity contribution in [1.82, 2.24) is 4.98 Å². The van der Waals surface area contributed by atoms with E-state index in [2.05, 4.69) is 10.3 Å². The first kappa shape index (κ1) is 22.4. The Morgan fingerprint density at radius 2 is 1.76 bits per heavy atom. The highest BCUT2D eigenvalue weighted by Crippen LogP contribution is 2.39. The number of amides is 1. The van der Waals surface area contributed by atoms with Crippen LogP contribution < -0.4 is 11.1 Å². The van der Waals surface area contributed by atoms with Crippen LogP contribution in [-0.4, -0.2) is 22.4 Å². The number of pyridine rings is 1. The average molecular weight is 338 g/mol. The molecule has 122 valence electrons. The highest BCUT2D eigenvalue weighted by molar-refractivity contribution is 5.95. The van der Waals surface area contributed by atoms with Crippen molar-refractivity contribution in [2.45, 2.75) is 45.1 Å². The number of nitrogens with two attached hydrogens (primary N) is 1. The highest BCUT2D eigenvalue weighted by atomic mass is 35.5. The largest absolute Gasteiger partial charge is 0.412 e. The molecule has 2 rings (SSSR count). The Bertz CT molecular complexity index is 410. The first-order valence-corrected chi connectivity index (χ1v) is 6.62. The minimum Gasteiger partial charge on any atom is -0.412 e. The van der Waals surface area contributed by atoms with Gasteiger partial charge < -0.3 is 16.5 Å². The van der Waals surface area contributed by atoms with Gasteiger partial charge in [0.25, 0.3) is 0 Å². The van der Waals surface area contributed by atoms with Crippen molar-refractivity contribution in [3.63, 3.8) is 0 Å². The molecule has 1 fully saturated rings. The molecule has 1 amide bonds. The molecule has 1 aliphatic carbocycles. The van der Waals surface area contributed by atoms with Gasteiger partial charge in [0.05, 0.1) is 5.41 Å². The van der Waals surface area contributed by atoms with E-state index in [-0.39, 0.29) is 42.2 Å². The number of hydrogen-bond acceptors (Lipinski definition) is 3. The van der Waals surface area contributed by atoms with E-state index < -0.39 is 5.41 Å². The maximum absolute atomic E-state index is 12.5. The summed E-state index contributed by atoms with van der Waals surface area (Å²) in [5, 5.41) is 2.97. The summed E-state index contributed by atoms with van der Waals surface area (Å²) in [7, 11) is 0. The lowest BCUT2D eigenvalue weighted by atomic mass is 9.69. The molecule has 7 heteroatoms. The molecule has 5 N–H and O–H groups in total. The molecule has 0 aromatic carbocycles. The maximum atomic E-state index is 12.5. The van der Waals surface area contributed by atoms with Crippen LogP contribution in [0.15, 0.2) is 24.5 Å². The summed E-state index contributed by atoms with van der Waals surface area (Å²) in [5.74, 6) is 0.0587. The summed E-state index contributed by atoms with van der Waals surface area (Å²) in [4.78, 5) is 16.5. The van der Waals surface area contributed by atoms with E-state index in [1.54, 1.807) is 24.5 Å². The number of carbonyl (C=O) groups excluding carboxylic acids is 1. The number of rotatable bonds is 3. The van der Waals surface area contributed by atoms with Crippen molar-refractivity contribution in [2.24, 2.45) is 11.1 Å². The van der Waals surface area contributed by atoms with Gasteiger partial charge in [-0.15, -0.1) is 24.8 Å². The summed E-state index contributed by atoms with van der Waals surface area (Å²) in [6.07, 6.45) is 8.51. The van der Waals surface area contributed by atoms with E-state index in [1.807, 2.05) is 6.92 Å². The molecule has 1 atom stereocenters. The molecule has 1 heterocycles. The number of hydrogen-bond donors (Lipinski definition) is 2. The Morgan fingerprint density at radius 3 is 2.24 bits per heavy atom. The predicted octanol–water partition coefficient (Wildman–Crippen LogP) is 2.34. The molecular formula is C14H25Cl2N3O2. The monoisotopic (exact) mass is 337 g/mol. The molecule has 0 spiro atoms. The van der Waals surface area contributed by atoms with Gasteiger partial charge in [-0.3, -0.25) is 9.78 Å². The smallest absolute Gasteiger partial charge is 0.232 e. The van der Waals surface area contributed by atoms with Gasteiger partial charge in [-0.2, -0.15) is 0 Å². The zero-order chi connectivity index (χ0) is 13.0. The van der Waals surface area contributed by atoms with Crippen LogP contribution in [0, 0.1) is 5.41 Å². The Kier molecular flexibility index (Phi) is 10.6. The van der Waals surface area contributed by atoms with Crippen LogP contribution in [0.5, 0.6) is 0 Å². The Balaban J connectivity index is 0. The van der Waals surface area contributed by atoms with Gasteiger partial charge in [0.2, 0.25) is 5.91 Å².